The lowest BCUT2D eigenvalue weighted by molar-refractivity contribution is -0.0101. The van der Waals surface area contributed by atoms with Crippen LogP contribution in [0.4, 0.5) is 0 Å². The first kappa shape index (κ1) is 14.8. The number of piperidine rings is 2. The minimum atomic E-state index is 0.729. The van der Waals surface area contributed by atoms with Gasteiger partial charge < -0.3 is 15.0 Å². The number of hydrogen-bond donors (Lipinski definition) is 1. The fourth-order valence-electron chi connectivity index (χ4n) is 4.02. The summed E-state index contributed by atoms with van der Waals surface area (Å²) in [5.74, 6) is 1.79. The molecule has 3 saturated heterocycles. The maximum Gasteiger partial charge on any atom is 0.0594 e. The molecule has 3 aliphatic heterocycles. The predicted octanol–water partition coefficient (Wildman–Crippen LogP) is 1.03. The Morgan fingerprint density at radius 2 is 1.80 bits per heavy atom. The van der Waals surface area contributed by atoms with Crippen LogP contribution < -0.4 is 5.32 Å². The van der Waals surface area contributed by atoms with E-state index in [9.17, 15) is 0 Å². The van der Waals surface area contributed by atoms with E-state index in [2.05, 4.69) is 22.0 Å². The van der Waals surface area contributed by atoms with Crippen molar-refractivity contribution in [3.05, 3.63) is 0 Å². The van der Waals surface area contributed by atoms with Gasteiger partial charge in [-0.25, -0.2) is 0 Å². The molecule has 0 aliphatic carbocycles. The number of ether oxygens (including phenoxy) is 1. The van der Waals surface area contributed by atoms with E-state index in [1.165, 1.54) is 52.0 Å². The van der Waals surface area contributed by atoms with Crippen molar-refractivity contribution in [1.82, 2.24) is 15.1 Å². The average Bonchev–Trinajstić information content (AvgIpc) is 2.51. The summed E-state index contributed by atoms with van der Waals surface area (Å²) in [4.78, 5) is 5.40. The monoisotopic (exact) mass is 281 g/mol. The smallest absolute Gasteiger partial charge is 0.0594 e. The normalized spacial score (nSPS) is 35.2. The van der Waals surface area contributed by atoms with Gasteiger partial charge in [-0.05, 0) is 50.7 Å². The van der Waals surface area contributed by atoms with E-state index in [0.29, 0.717) is 0 Å². The highest BCUT2D eigenvalue weighted by Crippen LogP contribution is 2.23. The molecular weight excluding hydrogens is 250 g/mol. The minimum absolute atomic E-state index is 0.729. The van der Waals surface area contributed by atoms with Crippen LogP contribution in [0.15, 0.2) is 0 Å². The fourth-order valence-corrected chi connectivity index (χ4v) is 4.02. The first-order valence-corrected chi connectivity index (χ1v) is 8.58. The highest BCUT2D eigenvalue weighted by atomic mass is 16.5. The van der Waals surface area contributed by atoms with Crippen LogP contribution >= 0.6 is 0 Å². The highest BCUT2D eigenvalue weighted by molar-refractivity contribution is 4.89. The fraction of sp³-hybridized carbons (Fsp3) is 1.00. The zero-order valence-corrected chi connectivity index (χ0v) is 13.0. The van der Waals surface area contributed by atoms with E-state index >= 15 is 0 Å². The minimum Gasteiger partial charge on any atom is -0.379 e. The number of likely N-dealkylation sites (tertiary alicyclic amines) is 1. The Kier molecular flexibility index (Phi) is 5.32. The lowest BCUT2D eigenvalue weighted by Gasteiger charge is -2.44. The Balaban J connectivity index is 1.54. The lowest BCUT2D eigenvalue weighted by atomic mass is 9.89. The second-order valence-corrected chi connectivity index (χ2v) is 6.95. The Hall–Kier alpha value is -0.160. The van der Waals surface area contributed by atoms with Gasteiger partial charge in [0.05, 0.1) is 13.2 Å². The summed E-state index contributed by atoms with van der Waals surface area (Å²) >= 11 is 0. The van der Waals surface area contributed by atoms with Crippen LogP contribution in [0.5, 0.6) is 0 Å². The molecule has 1 N–H and O–H groups in total. The van der Waals surface area contributed by atoms with Gasteiger partial charge in [-0.1, -0.05) is 6.92 Å². The van der Waals surface area contributed by atoms with E-state index < -0.39 is 0 Å². The molecule has 4 nitrogen and oxygen atoms in total. The van der Waals surface area contributed by atoms with Crippen LogP contribution in [0.1, 0.15) is 26.2 Å². The van der Waals surface area contributed by atoms with Crippen molar-refractivity contribution in [2.45, 2.75) is 32.2 Å². The van der Waals surface area contributed by atoms with Crippen molar-refractivity contribution in [2.75, 3.05) is 59.0 Å². The maximum absolute atomic E-state index is 5.52. The van der Waals surface area contributed by atoms with Crippen molar-refractivity contribution in [2.24, 2.45) is 11.8 Å². The maximum atomic E-state index is 5.52. The van der Waals surface area contributed by atoms with Gasteiger partial charge >= 0.3 is 0 Å². The molecule has 3 aliphatic rings. The Labute approximate surface area is 123 Å². The van der Waals surface area contributed by atoms with Crippen molar-refractivity contribution in [3.8, 4) is 0 Å². The van der Waals surface area contributed by atoms with E-state index in [0.717, 1.165) is 44.2 Å². The van der Waals surface area contributed by atoms with Gasteiger partial charge in [-0.2, -0.15) is 0 Å². The number of nitrogens with zero attached hydrogens (tertiary/aromatic N) is 2. The van der Waals surface area contributed by atoms with Crippen molar-refractivity contribution < 1.29 is 4.74 Å². The van der Waals surface area contributed by atoms with E-state index in [1.807, 2.05) is 0 Å². The molecule has 0 aromatic rings. The number of nitrogens with one attached hydrogen (secondary N) is 1. The lowest BCUT2D eigenvalue weighted by Crippen LogP contribution is -2.57. The summed E-state index contributed by atoms with van der Waals surface area (Å²) < 4.78 is 5.52. The molecular formula is C16H31N3O. The van der Waals surface area contributed by atoms with Crippen LogP contribution in [-0.4, -0.2) is 74.9 Å². The average molecular weight is 281 g/mol. The van der Waals surface area contributed by atoms with Gasteiger partial charge in [-0.15, -0.1) is 0 Å². The van der Waals surface area contributed by atoms with E-state index in [-0.39, 0.29) is 0 Å². The third kappa shape index (κ3) is 3.73. The second kappa shape index (κ2) is 7.21. The van der Waals surface area contributed by atoms with Crippen molar-refractivity contribution in [3.63, 3.8) is 0 Å². The van der Waals surface area contributed by atoms with Gasteiger partial charge in [0.2, 0.25) is 0 Å². The number of hydrogen-bond acceptors (Lipinski definition) is 4. The molecule has 3 rings (SSSR count). The van der Waals surface area contributed by atoms with Crippen molar-refractivity contribution in [1.29, 1.82) is 0 Å². The molecule has 0 radical (unpaired) electrons. The van der Waals surface area contributed by atoms with Gasteiger partial charge in [0.1, 0.15) is 0 Å². The predicted molar refractivity (Wildman–Crippen MR) is 82.0 cm³/mol. The summed E-state index contributed by atoms with van der Waals surface area (Å²) in [6.07, 6.45) is 4.13. The molecule has 0 aromatic heterocycles. The molecule has 4 heteroatoms. The molecule has 0 aromatic carbocycles. The zero-order valence-electron chi connectivity index (χ0n) is 13.0. The third-order valence-corrected chi connectivity index (χ3v) is 5.47. The highest BCUT2D eigenvalue weighted by Gasteiger charge is 2.32. The zero-order chi connectivity index (χ0) is 13.8. The molecule has 0 saturated carbocycles. The molecule has 20 heavy (non-hydrogen) atoms. The van der Waals surface area contributed by atoms with E-state index in [4.69, 9.17) is 4.74 Å². The standard InChI is InChI=1S/C16H31N3O/c1-14-3-6-18(7-4-14)13-15-2-5-17-12-16(15)19-8-10-20-11-9-19/h14-17H,2-13H2,1H3. The number of rotatable bonds is 3. The van der Waals surface area contributed by atoms with Crippen LogP contribution in [-0.2, 0) is 4.74 Å². The first-order valence-electron chi connectivity index (χ1n) is 8.58. The largest absolute Gasteiger partial charge is 0.379 e. The molecule has 2 unspecified atom stereocenters. The van der Waals surface area contributed by atoms with E-state index in [1.54, 1.807) is 0 Å². The topological polar surface area (TPSA) is 27.7 Å². The van der Waals surface area contributed by atoms with Crippen LogP contribution in [0.25, 0.3) is 0 Å². The molecule has 116 valence electrons. The SMILES string of the molecule is CC1CCN(CC2CCNCC2N2CCOCC2)CC1. The van der Waals surface area contributed by atoms with Gasteiger partial charge in [0.15, 0.2) is 0 Å². The van der Waals surface area contributed by atoms with Gasteiger partial charge in [0.25, 0.3) is 0 Å². The number of morpholine rings is 1. The summed E-state index contributed by atoms with van der Waals surface area (Å²) in [7, 11) is 0. The molecule has 3 heterocycles. The Bertz CT molecular complexity index is 285. The molecule has 0 amide bonds. The summed E-state index contributed by atoms with van der Waals surface area (Å²) in [5.41, 5.74) is 0. The molecule has 0 spiro atoms. The summed E-state index contributed by atoms with van der Waals surface area (Å²) in [5, 5.41) is 3.61. The first-order chi connectivity index (χ1) is 9.83. The molecule has 2 atom stereocenters. The van der Waals surface area contributed by atoms with Crippen LogP contribution in [0.2, 0.25) is 0 Å². The Morgan fingerprint density at radius 3 is 2.55 bits per heavy atom. The van der Waals surface area contributed by atoms with Gasteiger partial charge in [-0.3, -0.25) is 4.90 Å². The summed E-state index contributed by atoms with van der Waals surface area (Å²) in [6.45, 7) is 12.8. The quantitative estimate of drug-likeness (QED) is 0.836. The van der Waals surface area contributed by atoms with Gasteiger partial charge in [0, 0.05) is 32.2 Å². The van der Waals surface area contributed by atoms with Crippen molar-refractivity contribution >= 4 is 0 Å². The third-order valence-electron chi connectivity index (χ3n) is 5.47. The Morgan fingerprint density at radius 1 is 1.05 bits per heavy atom. The molecule has 0 bridgehead atoms. The second-order valence-electron chi connectivity index (χ2n) is 6.95. The molecule has 3 fully saturated rings. The van der Waals surface area contributed by atoms with Crippen LogP contribution in [0.3, 0.4) is 0 Å². The summed E-state index contributed by atoms with van der Waals surface area (Å²) in [6, 6.07) is 0.729. The van der Waals surface area contributed by atoms with Crippen LogP contribution in [0, 0.1) is 11.8 Å².